The number of carbonyl (C=O) groups excluding carboxylic acids is 3. The Hall–Kier alpha value is -3.28. The van der Waals surface area contributed by atoms with Crippen molar-refractivity contribution in [2.45, 2.75) is 44.8 Å². The number of carbonyl (C=O) groups is 3. The molecule has 0 bridgehead atoms. The molecule has 7 nitrogen and oxygen atoms in total. The number of methoxy groups -OCH3 is 2. The summed E-state index contributed by atoms with van der Waals surface area (Å²) in [4.78, 5) is 37.2. The van der Waals surface area contributed by atoms with Gasteiger partial charge in [0.15, 0.2) is 5.78 Å². The lowest BCUT2D eigenvalue weighted by atomic mass is 9.99. The fraction of sp³-hybridized carbons (Fsp3) is 0.385. The third-order valence-electron chi connectivity index (χ3n) is 5.70. The first-order chi connectivity index (χ1) is 16.1. The van der Waals surface area contributed by atoms with Crippen LogP contribution in [0.2, 0.25) is 5.04 Å². The molecule has 0 amide bonds. The Morgan fingerprint density at radius 2 is 1.38 bits per heavy atom. The van der Waals surface area contributed by atoms with E-state index in [1.165, 1.54) is 7.11 Å². The van der Waals surface area contributed by atoms with Gasteiger partial charge in [0.05, 0.1) is 32.8 Å². The molecule has 0 saturated carbocycles. The Balaban J connectivity index is 2.63. The molecule has 2 aromatic carbocycles. The highest BCUT2D eigenvalue weighted by Gasteiger charge is 2.52. The van der Waals surface area contributed by atoms with Gasteiger partial charge in [-0.1, -0.05) is 81.4 Å². The average Bonchev–Trinajstić information content (AvgIpc) is 2.82. The average molecular weight is 482 g/mol. The van der Waals surface area contributed by atoms with Crippen LogP contribution < -0.4 is 10.4 Å². The van der Waals surface area contributed by atoms with E-state index in [2.05, 4.69) is 25.5 Å². The molecule has 1 unspecified atom stereocenters. The first-order valence-electron chi connectivity index (χ1n) is 11.0. The Bertz CT molecular complexity index is 987. The molecule has 2 aromatic rings. The molecule has 0 heterocycles. The summed E-state index contributed by atoms with van der Waals surface area (Å²) in [6.45, 7) is 6.22. The van der Waals surface area contributed by atoms with Crippen molar-refractivity contribution in [3.05, 3.63) is 60.7 Å². The van der Waals surface area contributed by atoms with Gasteiger partial charge in [0.25, 0.3) is 8.32 Å². The molecule has 0 N–H and O–H groups in total. The van der Waals surface area contributed by atoms with Crippen LogP contribution in [0.1, 0.15) is 33.6 Å². The molecule has 0 aromatic heterocycles. The van der Waals surface area contributed by atoms with Crippen LogP contribution >= 0.6 is 0 Å². The highest BCUT2D eigenvalue weighted by molar-refractivity contribution is 6.99. The monoisotopic (exact) mass is 481 g/mol. The minimum atomic E-state index is -3.10. The summed E-state index contributed by atoms with van der Waals surface area (Å²) in [5.41, 5.74) is 0. The van der Waals surface area contributed by atoms with Gasteiger partial charge in [0.1, 0.15) is 0 Å². The Kier molecular flexibility index (Phi) is 9.30. The fourth-order valence-electron chi connectivity index (χ4n) is 4.08. The summed E-state index contributed by atoms with van der Waals surface area (Å²) in [5.74, 6) is -3.74. The van der Waals surface area contributed by atoms with Crippen molar-refractivity contribution in [3.63, 3.8) is 0 Å². The third kappa shape index (κ3) is 5.98. The number of Topliss-reactive ketones (excluding diaryl/α,β-unsaturated/α-hetero) is 1. The lowest BCUT2D eigenvalue weighted by Crippen LogP contribution is -2.68. The van der Waals surface area contributed by atoms with Crippen molar-refractivity contribution in [2.75, 3.05) is 14.2 Å². The van der Waals surface area contributed by atoms with E-state index in [0.717, 1.165) is 17.5 Å². The molecular weight excluding hydrogens is 450 g/mol. The van der Waals surface area contributed by atoms with Gasteiger partial charge in [0, 0.05) is 6.42 Å². The van der Waals surface area contributed by atoms with Crippen LogP contribution in [-0.4, -0.2) is 46.4 Å². The SMILES string of the molecule is COC(=O)CC(CC(=O)[C@@H](C#N)C(=O)OC)O[Si](c1ccccc1)(c1ccccc1)C(C)(C)C. The van der Waals surface area contributed by atoms with E-state index in [1.54, 1.807) is 6.07 Å². The van der Waals surface area contributed by atoms with Crippen molar-refractivity contribution in [3.8, 4) is 6.07 Å². The van der Waals surface area contributed by atoms with Crippen molar-refractivity contribution >= 4 is 36.4 Å². The highest BCUT2D eigenvalue weighted by atomic mass is 28.4. The van der Waals surface area contributed by atoms with E-state index in [0.29, 0.717) is 0 Å². The van der Waals surface area contributed by atoms with Gasteiger partial charge in [-0.05, 0) is 15.4 Å². The predicted molar refractivity (Wildman–Crippen MR) is 130 cm³/mol. The van der Waals surface area contributed by atoms with Crippen LogP contribution in [0.3, 0.4) is 0 Å². The summed E-state index contributed by atoms with van der Waals surface area (Å²) in [6.07, 6.45) is -1.43. The quantitative estimate of drug-likeness (QED) is 0.292. The molecule has 0 saturated heterocycles. The van der Waals surface area contributed by atoms with Gasteiger partial charge in [-0.3, -0.25) is 14.4 Å². The van der Waals surface area contributed by atoms with Gasteiger partial charge >= 0.3 is 11.9 Å². The number of nitrogens with zero attached hydrogens (tertiary/aromatic N) is 1. The van der Waals surface area contributed by atoms with E-state index >= 15 is 0 Å². The fourth-order valence-corrected chi connectivity index (χ4v) is 8.76. The second kappa shape index (κ2) is 11.7. The summed E-state index contributed by atoms with van der Waals surface area (Å²) in [5, 5.41) is 10.9. The first-order valence-corrected chi connectivity index (χ1v) is 12.9. The van der Waals surface area contributed by atoms with Crippen molar-refractivity contribution < 1.29 is 28.3 Å². The maximum atomic E-state index is 12.9. The lowest BCUT2D eigenvalue weighted by Gasteiger charge is -2.45. The molecule has 0 aliphatic carbocycles. The van der Waals surface area contributed by atoms with Crippen molar-refractivity contribution in [1.29, 1.82) is 5.26 Å². The molecule has 8 heteroatoms. The zero-order chi connectivity index (χ0) is 25.4. The summed E-state index contributed by atoms with van der Waals surface area (Å²) in [6, 6.07) is 21.2. The molecular formula is C26H31NO6Si. The van der Waals surface area contributed by atoms with E-state index in [9.17, 15) is 19.6 Å². The summed E-state index contributed by atoms with van der Waals surface area (Å²) >= 11 is 0. The van der Waals surface area contributed by atoms with E-state index in [4.69, 9.17) is 9.16 Å². The van der Waals surface area contributed by atoms with Gasteiger partial charge in [-0.2, -0.15) is 5.26 Å². The highest BCUT2D eigenvalue weighted by Crippen LogP contribution is 2.38. The molecule has 0 spiro atoms. The van der Waals surface area contributed by atoms with Gasteiger partial charge in [-0.15, -0.1) is 0 Å². The number of hydrogen-bond donors (Lipinski definition) is 0. The Morgan fingerprint density at radius 1 is 0.882 bits per heavy atom. The second-order valence-electron chi connectivity index (χ2n) is 8.94. The number of hydrogen-bond acceptors (Lipinski definition) is 7. The van der Waals surface area contributed by atoms with Crippen LogP contribution in [-0.2, 0) is 28.3 Å². The lowest BCUT2D eigenvalue weighted by molar-refractivity contribution is -0.147. The molecule has 34 heavy (non-hydrogen) atoms. The van der Waals surface area contributed by atoms with Gasteiger partial charge < -0.3 is 13.9 Å². The molecule has 0 aliphatic rings. The Labute approximate surface area is 201 Å². The van der Waals surface area contributed by atoms with Crippen LogP contribution in [0.15, 0.2) is 60.7 Å². The summed E-state index contributed by atoms with van der Waals surface area (Å²) < 4.78 is 16.3. The minimum absolute atomic E-state index is 0.202. The maximum Gasteiger partial charge on any atom is 0.330 e. The maximum absolute atomic E-state index is 12.9. The van der Waals surface area contributed by atoms with Crippen LogP contribution in [0.5, 0.6) is 0 Å². The van der Waals surface area contributed by atoms with Gasteiger partial charge in [-0.25, -0.2) is 0 Å². The van der Waals surface area contributed by atoms with E-state index < -0.39 is 43.1 Å². The number of ether oxygens (including phenoxy) is 2. The van der Waals surface area contributed by atoms with Crippen LogP contribution in [0, 0.1) is 17.2 Å². The van der Waals surface area contributed by atoms with Crippen LogP contribution in [0.4, 0.5) is 0 Å². The zero-order valence-corrected chi connectivity index (χ0v) is 21.2. The number of benzene rings is 2. The zero-order valence-electron chi connectivity index (χ0n) is 20.2. The topological polar surface area (TPSA) is 103 Å². The number of ketones is 1. The molecule has 180 valence electrons. The second-order valence-corrected chi connectivity index (χ2v) is 13.2. The van der Waals surface area contributed by atoms with Crippen molar-refractivity contribution in [2.24, 2.45) is 5.92 Å². The molecule has 0 aliphatic heterocycles. The van der Waals surface area contributed by atoms with Gasteiger partial charge in [0.2, 0.25) is 5.92 Å². The first kappa shape index (κ1) is 27.0. The number of rotatable bonds is 10. The number of esters is 2. The van der Waals surface area contributed by atoms with Crippen molar-refractivity contribution in [1.82, 2.24) is 0 Å². The standard InChI is InChI=1S/C26H31NO6Si/c1-26(2,3)34(20-12-8-6-9-13-20,21-14-10-7-11-15-21)33-19(17-24(29)31-4)16-23(28)22(18-27)25(30)32-5/h6-15,19,22H,16-17H2,1-5H3/t19?,22-/m1/s1. The molecule has 2 rings (SSSR count). The minimum Gasteiger partial charge on any atom is -0.469 e. The molecule has 0 radical (unpaired) electrons. The smallest absolute Gasteiger partial charge is 0.330 e. The predicted octanol–water partition coefficient (Wildman–Crippen LogP) is 2.77. The van der Waals surface area contributed by atoms with E-state index in [1.807, 2.05) is 60.7 Å². The Morgan fingerprint density at radius 3 is 1.76 bits per heavy atom. The third-order valence-corrected chi connectivity index (χ3v) is 10.8. The normalized spacial score (nSPS) is 13.3. The number of nitriles is 1. The van der Waals surface area contributed by atoms with Crippen LogP contribution in [0.25, 0.3) is 0 Å². The molecule has 0 fully saturated rings. The molecule has 2 atom stereocenters. The summed E-state index contributed by atoms with van der Waals surface area (Å²) in [7, 11) is -0.722. The van der Waals surface area contributed by atoms with E-state index in [-0.39, 0.29) is 12.8 Å². The largest absolute Gasteiger partial charge is 0.469 e.